The Morgan fingerprint density at radius 3 is 2.67 bits per heavy atom. The number of benzene rings is 1. The van der Waals surface area contributed by atoms with Crippen LogP contribution < -0.4 is 4.74 Å². The SMILES string of the molecule is FC(F)(F)C(F)(F)OCC1Cn2c(nc3ccccc32)O1. The van der Waals surface area contributed by atoms with Crippen molar-refractivity contribution in [2.45, 2.75) is 24.9 Å². The van der Waals surface area contributed by atoms with Gasteiger partial charge in [0.05, 0.1) is 24.2 Å². The summed E-state index contributed by atoms with van der Waals surface area (Å²) >= 11 is 0. The third kappa shape index (κ3) is 2.41. The number of para-hydroxylation sites is 2. The molecular weight excluding hydrogens is 299 g/mol. The molecule has 1 unspecified atom stereocenters. The van der Waals surface area contributed by atoms with E-state index >= 15 is 0 Å². The van der Waals surface area contributed by atoms with Gasteiger partial charge in [0.25, 0.3) is 6.01 Å². The van der Waals surface area contributed by atoms with Crippen LogP contribution in [0, 0.1) is 0 Å². The van der Waals surface area contributed by atoms with Crippen molar-refractivity contribution in [1.82, 2.24) is 9.55 Å². The van der Waals surface area contributed by atoms with E-state index in [1.165, 1.54) is 0 Å². The van der Waals surface area contributed by atoms with Gasteiger partial charge in [-0.1, -0.05) is 12.1 Å². The smallest absolute Gasteiger partial charge is 0.457 e. The largest absolute Gasteiger partial charge is 0.482 e. The summed E-state index contributed by atoms with van der Waals surface area (Å²) in [5.41, 5.74) is 1.38. The van der Waals surface area contributed by atoms with Crippen molar-refractivity contribution in [1.29, 1.82) is 0 Å². The number of aromatic nitrogens is 2. The molecule has 3 rings (SSSR count). The number of nitrogens with zero attached hydrogens (tertiary/aromatic N) is 2. The van der Waals surface area contributed by atoms with Crippen molar-refractivity contribution >= 4 is 11.0 Å². The molecule has 0 radical (unpaired) electrons. The summed E-state index contributed by atoms with van der Waals surface area (Å²) in [5, 5.41) is 0. The van der Waals surface area contributed by atoms with Gasteiger partial charge in [-0.25, -0.2) is 0 Å². The Labute approximate surface area is 115 Å². The number of rotatable bonds is 3. The van der Waals surface area contributed by atoms with E-state index in [0.29, 0.717) is 5.52 Å². The average Bonchev–Trinajstić information content (AvgIpc) is 2.92. The normalized spacial score (nSPS) is 18.8. The van der Waals surface area contributed by atoms with E-state index in [1.54, 1.807) is 28.8 Å². The van der Waals surface area contributed by atoms with Crippen LogP contribution >= 0.6 is 0 Å². The maximum atomic E-state index is 12.7. The van der Waals surface area contributed by atoms with Gasteiger partial charge in [-0.2, -0.15) is 26.9 Å². The van der Waals surface area contributed by atoms with Crippen molar-refractivity contribution in [3.05, 3.63) is 24.3 Å². The topological polar surface area (TPSA) is 36.3 Å². The number of fused-ring (bicyclic) bond motifs is 3. The number of hydrogen-bond acceptors (Lipinski definition) is 3. The van der Waals surface area contributed by atoms with Crippen LogP contribution in [0.1, 0.15) is 0 Å². The lowest BCUT2D eigenvalue weighted by Crippen LogP contribution is -2.41. The molecule has 2 heterocycles. The maximum absolute atomic E-state index is 12.7. The average molecular weight is 308 g/mol. The Morgan fingerprint density at radius 2 is 1.95 bits per heavy atom. The summed E-state index contributed by atoms with van der Waals surface area (Å²) in [6.45, 7) is -0.784. The second kappa shape index (κ2) is 4.55. The van der Waals surface area contributed by atoms with Crippen LogP contribution in [0.15, 0.2) is 24.3 Å². The molecule has 21 heavy (non-hydrogen) atoms. The number of imidazole rings is 1. The summed E-state index contributed by atoms with van der Waals surface area (Å²) in [6.07, 6.45) is -11.9. The van der Waals surface area contributed by atoms with Gasteiger partial charge < -0.3 is 9.47 Å². The summed E-state index contributed by atoms with van der Waals surface area (Å²) in [4.78, 5) is 4.11. The van der Waals surface area contributed by atoms with Crippen LogP contribution in [0.2, 0.25) is 0 Å². The molecule has 1 aromatic carbocycles. The molecular formula is C12H9F5N2O2. The first-order chi connectivity index (χ1) is 9.78. The van der Waals surface area contributed by atoms with Crippen LogP contribution in [0.25, 0.3) is 11.0 Å². The highest BCUT2D eigenvalue weighted by Crippen LogP contribution is 2.37. The molecule has 9 heteroatoms. The molecule has 0 fully saturated rings. The van der Waals surface area contributed by atoms with Gasteiger partial charge in [-0.3, -0.25) is 4.57 Å². The van der Waals surface area contributed by atoms with Crippen LogP contribution in [0.5, 0.6) is 6.01 Å². The van der Waals surface area contributed by atoms with E-state index in [0.717, 1.165) is 5.52 Å². The van der Waals surface area contributed by atoms with Crippen LogP contribution in [-0.4, -0.2) is 34.5 Å². The molecule has 1 atom stereocenters. The van der Waals surface area contributed by atoms with E-state index in [2.05, 4.69) is 9.72 Å². The Balaban J connectivity index is 1.69. The molecule has 2 aromatic rings. The molecule has 0 bridgehead atoms. The zero-order valence-electron chi connectivity index (χ0n) is 10.4. The minimum atomic E-state index is -5.74. The van der Waals surface area contributed by atoms with Gasteiger partial charge in [0.15, 0.2) is 0 Å². The van der Waals surface area contributed by atoms with E-state index < -0.39 is 25.0 Å². The second-order valence-corrected chi connectivity index (χ2v) is 4.56. The van der Waals surface area contributed by atoms with E-state index in [4.69, 9.17) is 4.74 Å². The van der Waals surface area contributed by atoms with E-state index in [1.807, 2.05) is 0 Å². The lowest BCUT2D eigenvalue weighted by molar-refractivity contribution is -0.393. The van der Waals surface area contributed by atoms with Crippen LogP contribution in [0.3, 0.4) is 0 Å². The van der Waals surface area contributed by atoms with E-state index in [9.17, 15) is 22.0 Å². The number of ether oxygens (including phenoxy) is 2. The first-order valence-corrected chi connectivity index (χ1v) is 5.98. The van der Waals surface area contributed by atoms with Crippen molar-refractivity contribution in [2.24, 2.45) is 0 Å². The van der Waals surface area contributed by atoms with Gasteiger partial charge in [-0.05, 0) is 12.1 Å². The fourth-order valence-electron chi connectivity index (χ4n) is 2.08. The van der Waals surface area contributed by atoms with Crippen molar-refractivity contribution in [2.75, 3.05) is 6.61 Å². The molecule has 1 aliphatic heterocycles. The molecule has 0 aliphatic carbocycles. The Kier molecular flexibility index (Phi) is 3.05. The number of alkyl halides is 5. The maximum Gasteiger partial charge on any atom is 0.482 e. The third-order valence-electron chi connectivity index (χ3n) is 3.06. The molecule has 4 nitrogen and oxygen atoms in total. The molecule has 1 aromatic heterocycles. The summed E-state index contributed by atoms with van der Waals surface area (Å²) in [7, 11) is 0. The zero-order valence-corrected chi connectivity index (χ0v) is 10.4. The third-order valence-corrected chi connectivity index (χ3v) is 3.06. The molecule has 0 N–H and O–H groups in total. The highest BCUT2D eigenvalue weighted by atomic mass is 19.4. The molecule has 114 valence electrons. The lowest BCUT2D eigenvalue weighted by Gasteiger charge is -2.20. The predicted octanol–water partition coefficient (Wildman–Crippen LogP) is 2.97. The lowest BCUT2D eigenvalue weighted by atomic mass is 10.3. The van der Waals surface area contributed by atoms with E-state index in [-0.39, 0.29) is 12.6 Å². The predicted molar refractivity (Wildman–Crippen MR) is 61.1 cm³/mol. The van der Waals surface area contributed by atoms with Gasteiger partial charge >= 0.3 is 12.3 Å². The summed E-state index contributed by atoms with van der Waals surface area (Å²) < 4.78 is 71.8. The molecule has 0 amide bonds. The molecule has 1 aliphatic rings. The Bertz CT molecular complexity index is 667. The zero-order chi connectivity index (χ0) is 15.3. The first kappa shape index (κ1) is 14.1. The number of halogens is 5. The highest BCUT2D eigenvalue weighted by Gasteiger charge is 2.59. The fourth-order valence-corrected chi connectivity index (χ4v) is 2.08. The summed E-state index contributed by atoms with van der Waals surface area (Å²) in [6, 6.07) is 7.21. The van der Waals surface area contributed by atoms with Gasteiger partial charge in [0, 0.05) is 0 Å². The Morgan fingerprint density at radius 1 is 1.24 bits per heavy atom. The molecule has 0 saturated carbocycles. The Hall–Kier alpha value is -1.90. The minimum Gasteiger partial charge on any atom is -0.457 e. The summed E-state index contributed by atoms with van der Waals surface area (Å²) in [5.74, 6) is 0. The quantitative estimate of drug-likeness (QED) is 0.818. The van der Waals surface area contributed by atoms with Crippen LogP contribution in [-0.2, 0) is 11.3 Å². The molecule has 0 spiro atoms. The van der Waals surface area contributed by atoms with Crippen LogP contribution in [0.4, 0.5) is 22.0 Å². The monoisotopic (exact) mass is 308 g/mol. The second-order valence-electron chi connectivity index (χ2n) is 4.56. The first-order valence-electron chi connectivity index (χ1n) is 5.98. The standard InChI is InChI=1S/C12H9F5N2O2/c13-11(14,15)12(16,17)20-6-7-5-19-9-4-2-1-3-8(9)18-10(19)21-7/h1-4,7H,5-6H2. The fraction of sp³-hybridized carbons (Fsp3) is 0.417. The number of hydrogen-bond donors (Lipinski definition) is 0. The van der Waals surface area contributed by atoms with Crippen molar-refractivity contribution < 1.29 is 31.4 Å². The minimum absolute atomic E-state index is 0.101. The van der Waals surface area contributed by atoms with Crippen molar-refractivity contribution in [3.63, 3.8) is 0 Å². The van der Waals surface area contributed by atoms with Gasteiger partial charge in [0.1, 0.15) is 6.10 Å². The van der Waals surface area contributed by atoms with Crippen molar-refractivity contribution in [3.8, 4) is 6.01 Å². The highest BCUT2D eigenvalue weighted by molar-refractivity contribution is 5.76. The van der Waals surface area contributed by atoms with Gasteiger partial charge in [0.2, 0.25) is 0 Å². The van der Waals surface area contributed by atoms with Gasteiger partial charge in [-0.15, -0.1) is 0 Å². The molecule has 0 saturated heterocycles.